The maximum atomic E-state index is 11.1. The molecule has 1 N–H and O–H groups in total. The van der Waals surface area contributed by atoms with Crippen LogP contribution in [0.4, 0.5) is 0 Å². The van der Waals surface area contributed by atoms with Gasteiger partial charge in [-0.3, -0.25) is 14.4 Å². The van der Waals surface area contributed by atoms with Crippen molar-refractivity contribution in [1.82, 2.24) is 0 Å². The Labute approximate surface area is 122 Å². The van der Waals surface area contributed by atoms with Crippen molar-refractivity contribution in [2.45, 2.75) is 45.2 Å². The van der Waals surface area contributed by atoms with Crippen LogP contribution in [0.2, 0.25) is 0 Å². The second-order valence-corrected chi connectivity index (χ2v) is 4.85. The lowest BCUT2D eigenvalue weighted by Crippen LogP contribution is -2.35. The molecule has 8 nitrogen and oxygen atoms in total. The largest absolute Gasteiger partial charge is 0.481 e. The molecule has 1 unspecified atom stereocenters. The Morgan fingerprint density at radius 1 is 1.29 bits per heavy atom. The number of hydrogen-bond donors (Lipinski definition) is 1. The Hall–Kier alpha value is -1.67. The van der Waals surface area contributed by atoms with Gasteiger partial charge in [-0.2, -0.15) is 0 Å². The van der Waals surface area contributed by atoms with Gasteiger partial charge >= 0.3 is 17.9 Å². The lowest BCUT2D eigenvalue weighted by Gasteiger charge is -2.22. The van der Waals surface area contributed by atoms with Crippen LogP contribution in [0.5, 0.6) is 0 Å². The zero-order chi connectivity index (χ0) is 16.0. The Morgan fingerprint density at radius 2 is 1.95 bits per heavy atom. The lowest BCUT2D eigenvalue weighted by atomic mass is 9.98. The highest BCUT2D eigenvalue weighted by atomic mass is 16.7. The number of carbonyl (C=O) groups excluding carboxylic acids is 2. The Kier molecular flexibility index (Phi) is 6.57. The lowest BCUT2D eigenvalue weighted by molar-refractivity contribution is -0.194. The SMILES string of the molecule is COCC(OC(C)=O)[C@@H]1C[C@H](CC(=O)O)[C@@H](OC(C)=O)O1. The maximum Gasteiger partial charge on any atom is 0.304 e. The number of carboxylic acid groups (broad SMARTS) is 1. The zero-order valence-electron chi connectivity index (χ0n) is 12.2. The fraction of sp³-hybridized carbons (Fsp3) is 0.769. The molecule has 0 bridgehead atoms. The van der Waals surface area contributed by atoms with Crippen molar-refractivity contribution < 1.29 is 38.4 Å². The summed E-state index contributed by atoms with van der Waals surface area (Å²) in [6.45, 7) is 2.58. The molecule has 0 aromatic rings. The Morgan fingerprint density at radius 3 is 2.43 bits per heavy atom. The third-order valence-electron chi connectivity index (χ3n) is 3.01. The summed E-state index contributed by atoms with van der Waals surface area (Å²) in [4.78, 5) is 33.0. The van der Waals surface area contributed by atoms with Crippen LogP contribution in [0, 0.1) is 5.92 Å². The minimum Gasteiger partial charge on any atom is -0.481 e. The molecule has 1 fully saturated rings. The van der Waals surface area contributed by atoms with Gasteiger partial charge in [0.15, 0.2) is 6.10 Å². The number of carbonyl (C=O) groups is 3. The minimum atomic E-state index is -1.02. The molecule has 8 heteroatoms. The van der Waals surface area contributed by atoms with Gasteiger partial charge in [-0.25, -0.2) is 0 Å². The first-order chi connectivity index (χ1) is 9.83. The average Bonchev–Trinajstić information content (AvgIpc) is 2.69. The van der Waals surface area contributed by atoms with Gasteiger partial charge in [0.25, 0.3) is 0 Å². The van der Waals surface area contributed by atoms with Gasteiger partial charge in [-0.15, -0.1) is 0 Å². The smallest absolute Gasteiger partial charge is 0.304 e. The van der Waals surface area contributed by atoms with E-state index in [0.717, 1.165) is 0 Å². The van der Waals surface area contributed by atoms with Crippen LogP contribution in [0.3, 0.4) is 0 Å². The molecule has 1 rings (SSSR count). The second kappa shape index (κ2) is 7.94. The molecule has 0 aromatic heterocycles. The molecule has 0 spiro atoms. The third-order valence-corrected chi connectivity index (χ3v) is 3.01. The molecule has 0 aliphatic carbocycles. The van der Waals surface area contributed by atoms with Crippen LogP contribution < -0.4 is 0 Å². The van der Waals surface area contributed by atoms with E-state index in [0.29, 0.717) is 6.42 Å². The molecule has 120 valence electrons. The zero-order valence-corrected chi connectivity index (χ0v) is 12.2. The third kappa shape index (κ3) is 5.68. The molecular weight excluding hydrogens is 284 g/mol. The highest BCUT2D eigenvalue weighted by Gasteiger charge is 2.43. The summed E-state index contributed by atoms with van der Waals surface area (Å²) in [5.41, 5.74) is 0. The van der Waals surface area contributed by atoms with Crippen LogP contribution in [0.25, 0.3) is 0 Å². The summed E-state index contributed by atoms with van der Waals surface area (Å²) in [5.74, 6) is -2.57. The van der Waals surface area contributed by atoms with Crippen LogP contribution >= 0.6 is 0 Å². The molecule has 0 aromatic carbocycles. The molecule has 1 heterocycles. The van der Waals surface area contributed by atoms with E-state index in [1.807, 2.05) is 0 Å². The van der Waals surface area contributed by atoms with Crippen LogP contribution in [-0.4, -0.2) is 55.2 Å². The first-order valence-corrected chi connectivity index (χ1v) is 6.54. The van der Waals surface area contributed by atoms with Crippen molar-refractivity contribution >= 4 is 17.9 Å². The summed E-state index contributed by atoms with van der Waals surface area (Å²) >= 11 is 0. The highest BCUT2D eigenvalue weighted by Crippen LogP contribution is 2.32. The Bertz CT molecular complexity index is 370. The molecular formula is C13H20O8. The molecule has 1 saturated heterocycles. The van der Waals surface area contributed by atoms with E-state index in [1.165, 1.54) is 21.0 Å². The van der Waals surface area contributed by atoms with E-state index in [9.17, 15) is 14.4 Å². The number of esters is 2. The molecule has 0 saturated carbocycles. The van der Waals surface area contributed by atoms with Crippen molar-refractivity contribution in [3.63, 3.8) is 0 Å². The normalized spacial score (nSPS) is 26.1. The highest BCUT2D eigenvalue weighted by molar-refractivity contribution is 5.68. The molecule has 1 aliphatic heterocycles. The monoisotopic (exact) mass is 304 g/mol. The topological polar surface area (TPSA) is 108 Å². The van der Waals surface area contributed by atoms with Gasteiger partial charge in [0.1, 0.15) is 6.10 Å². The quantitative estimate of drug-likeness (QED) is 0.670. The predicted molar refractivity (Wildman–Crippen MR) is 68.2 cm³/mol. The van der Waals surface area contributed by atoms with E-state index < -0.39 is 42.3 Å². The number of hydrogen-bond acceptors (Lipinski definition) is 7. The van der Waals surface area contributed by atoms with E-state index >= 15 is 0 Å². The number of methoxy groups -OCH3 is 1. The van der Waals surface area contributed by atoms with Gasteiger partial charge in [0.05, 0.1) is 13.0 Å². The first-order valence-electron chi connectivity index (χ1n) is 6.54. The molecule has 1 aliphatic rings. The van der Waals surface area contributed by atoms with Gasteiger partial charge in [-0.1, -0.05) is 0 Å². The van der Waals surface area contributed by atoms with Crippen molar-refractivity contribution in [3.8, 4) is 0 Å². The van der Waals surface area contributed by atoms with Gasteiger partial charge in [0.2, 0.25) is 6.29 Å². The number of aliphatic carboxylic acids is 1. The summed E-state index contributed by atoms with van der Waals surface area (Å²) in [7, 11) is 1.45. The van der Waals surface area contributed by atoms with Gasteiger partial charge in [-0.05, 0) is 6.42 Å². The fourth-order valence-electron chi connectivity index (χ4n) is 2.27. The van der Waals surface area contributed by atoms with Gasteiger partial charge in [0, 0.05) is 26.9 Å². The van der Waals surface area contributed by atoms with E-state index in [1.54, 1.807) is 0 Å². The second-order valence-electron chi connectivity index (χ2n) is 4.85. The van der Waals surface area contributed by atoms with E-state index in [2.05, 4.69) is 0 Å². The van der Waals surface area contributed by atoms with Crippen LogP contribution in [0.1, 0.15) is 26.7 Å². The maximum absolute atomic E-state index is 11.1. The van der Waals surface area contributed by atoms with Crippen LogP contribution in [0.15, 0.2) is 0 Å². The Balaban J connectivity index is 2.76. The van der Waals surface area contributed by atoms with Crippen molar-refractivity contribution in [1.29, 1.82) is 0 Å². The number of carboxylic acids is 1. The molecule has 4 atom stereocenters. The summed E-state index contributed by atoms with van der Waals surface area (Å²) in [6.07, 6.45) is -2.12. The predicted octanol–water partition coefficient (Wildman–Crippen LogP) is 0.334. The molecule has 0 amide bonds. The van der Waals surface area contributed by atoms with Crippen molar-refractivity contribution in [2.75, 3.05) is 13.7 Å². The van der Waals surface area contributed by atoms with Gasteiger partial charge < -0.3 is 24.1 Å². The number of ether oxygens (including phenoxy) is 4. The summed E-state index contributed by atoms with van der Waals surface area (Å²) in [5, 5.41) is 8.89. The van der Waals surface area contributed by atoms with Crippen molar-refractivity contribution in [3.05, 3.63) is 0 Å². The standard InChI is InChI=1S/C13H20O8/c1-7(14)19-11(6-18-3)10-4-9(5-12(16)17)13(21-10)20-8(2)15/h9-11,13H,4-6H2,1-3H3,(H,16,17)/t9-,10+,11?,13+/m1/s1. The van der Waals surface area contributed by atoms with Crippen LogP contribution in [-0.2, 0) is 33.3 Å². The van der Waals surface area contributed by atoms with E-state index in [-0.39, 0.29) is 13.0 Å². The molecule has 0 radical (unpaired) electrons. The fourth-order valence-corrected chi connectivity index (χ4v) is 2.27. The molecule has 21 heavy (non-hydrogen) atoms. The van der Waals surface area contributed by atoms with Crippen molar-refractivity contribution in [2.24, 2.45) is 5.92 Å². The average molecular weight is 304 g/mol. The van der Waals surface area contributed by atoms with E-state index in [4.69, 9.17) is 24.1 Å². The minimum absolute atomic E-state index is 0.108. The number of rotatable bonds is 7. The summed E-state index contributed by atoms with van der Waals surface area (Å²) < 4.78 is 20.6. The first kappa shape index (κ1) is 17.4. The summed E-state index contributed by atoms with van der Waals surface area (Å²) in [6, 6.07) is 0.